The van der Waals surface area contributed by atoms with Crippen LogP contribution in [0.25, 0.3) is 0 Å². The van der Waals surface area contributed by atoms with Crippen molar-refractivity contribution < 1.29 is 42.7 Å². The van der Waals surface area contributed by atoms with Crippen LogP contribution in [0, 0.1) is 11.8 Å². The average Bonchev–Trinajstić information content (AvgIpc) is 3.81. The average molecular weight is 707 g/mol. The van der Waals surface area contributed by atoms with Gasteiger partial charge in [-0.05, 0) is 46.5 Å². The van der Waals surface area contributed by atoms with Gasteiger partial charge in [0, 0.05) is 43.6 Å². The van der Waals surface area contributed by atoms with Gasteiger partial charge in [-0.3, -0.25) is 19.4 Å². The van der Waals surface area contributed by atoms with Crippen LogP contribution in [0.1, 0.15) is 45.9 Å². The zero-order chi connectivity index (χ0) is 35.8. The third-order valence-corrected chi connectivity index (χ3v) is 10.8. The highest BCUT2D eigenvalue weighted by Gasteiger charge is 2.54. The van der Waals surface area contributed by atoms with Crippen molar-refractivity contribution >= 4 is 11.9 Å². The van der Waals surface area contributed by atoms with Crippen LogP contribution in [0.3, 0.4) is 0 Å². The second kappa shape index (κ2) is 14.4. The van der Waals surface area contributed by atoms with Gasteiger partial charge in [-0.2, -0.15) is 0 Å². The first-order valence-electron chi connectivity index (χ1n) is 17.6. The molecule has 0 saturated carbocycles. The van der Waals surface area contributed by atoms with E-state index in [4.69, 9.17) is 33.2 Å². The fourth-order valence-corrected chi connectivity index (χ4v) is 8.37. The van der Waals surface area contributed by atoms with Gasteiger partial charge in [-0.1, -0.05) is 60.7 Å². The molecule has 1 aliphatic carbocycles. The Morgan fingerprint density at radius 3 is 1.94 bits per heavy atom. The zero-order valence-electron chi connectivity index (χ0n) is 29.5. The molecule has 4 atom stereocenters. The molecule has 2 fully saturated rings. The maximum absolute atomic E-state index is 13.8. The smallest absolute Gasteiger partial charge is 0.320 e. The number of cyclic esters (lactones) is 1. The molecular formula is C41H42N2O9. The normalized spacial score (nSPS) is 22.3. The first-order chi connectivity index (χ1) is 25.5. The predicted molar refractivity (Wildman–Crippen MR) is 190 cm³/mol. The van der Waals surface area contributed by atoms with Crippen LogP contribution in [0.2, 0.25) is 0 Å². The maximum Gasteiger partial charge on any atom is 0.320 e. The number of carbonyl (C=O) groups is 2. The molecule has 0 unspecified atom stereocenters. The molecule has 11 nitrogen and oxygen atoms in total. The lowest BCUT2D eigenvalue weighted by atomic mass is 9.66. The van der Waals surface area contributed by atoms with Gasteiger partial charge >= 0.3 is 11.9 Å². The lowest BCUT2D eigenvalue weighted by Crippen LogP contribution is -2.49. The number of methoxy groups -OCH3 is 3. The van der Waals surface area contributed by atoms with Crippen LogP contribution in [0.15, 0.2) is 84.9 Å². The van der Waals surface area contributed by atoms with Crippen molar-refractivity contribution in [2.45, 2.75) is 18.1 Å². The molecule has 4 aromatic rings. The van der Waals surface area contributed by atoms with Crippen molar-refractivity contribution in [3.05, 3.63) is 113 Å². The third-order valence-electron chi connectivity index (χ3n) is 10.8. The largest absolute Gasteiger partial charge is 0.493 e. The fourth-order valence-electron chi connectivity index (χ4n) is 8.37. The van der Waals surface area contributed by atoms with Crippen LogP contribution in [0.5, 0.6) is 28.7 Å². The van der Waals surface area contributed by atoms with Crippen molar-refractivity contribution in [2.75, 3.05) is 67.5 Å². The molecule has 4 aromatic carbocycles. The molecule has 8 rings (SSSR count). The zero-order valence-corrected chi connectivity index (χ0v) is 29.5. The summed E-state index contributed by atoms with van der Waals surface area (Å²) in [4.78, 5) is 32.0. The van der Waals surface area contributed by atoms with E-state index in [0.717, 1.165) is 29.8 Å². The van der Waals surface area contributed by atoms with Crippen LogP contribution in [-0.4, -0.2) is 89.2 Å². The number of carbonyl (C=O) groups excluding carboxylic acids is 2. The summed E-state index contributed by atoms with van der Waals surface area (Å²) in [6, 6.07) is 28.7. The van der Waals surface area contributed by atoms with Crippen molar-refractivity contribution in [1.29, 1.82) is 0 Å². The highest BCUT2D eigenvalue weighted by molar-refractivity contribution is 5.79. The minimum Gasteiger partial charge on any atom is -0.493 e. The number of hydrogen-bond donors (Lipinski definition) is 0. The van der Waals surface area contributed by atoms with E-state index < -0.39 is 23.9 Å². The molecule has 0 radical (unpaired) electrons. The van der Waals surface area contributed by atoms with E-state index in [-0.39, 0.29) is 37.9 Å². The molecule has 0 spiro atoms. The summed E-state index contributed by atoms with van der Waals surface area (Å²) < 4.78 is 40.6. The van der Waals surface area contributed by atoms with Gasteiger partial charge in [0.1, 0.15) is 6.10 Å². The minimum atomic E-state index is -0.728. The van der Waals surface area contributed by atoms with E-state index in [1.54, 1.807) is 21.3 Å². The topological polar surface area (TPSA) is 105 Å². The Morgan fingerprint density at radius 1 is 0.769 bits per heavy atom. The number of ether oxygens (including phenoxy) is 7. The SMILES string of the molecule is COc1cc([C@@H]2c3cc4c(cc3[C@H](OC(=O)CN3CCN(C(c5ccccc5)c5ccccc5)CC3)[C@H]3COC(=O)[C@H]23)OCO4)cc(OC)c1OC. The Balaban J connectivity index is 1.05. The van der Waals surface area contributed by atoms with Crippen molar-refractivity contribution in [3.63, 3.8) is 0 Å². The number of nitrogens with zero attached hydrogens (tertiary/aromatic N) is 2. The maximum atomic E-state index is 13.8. The van der Waals surface area contributed by atoms with Crippen LogP contribution >= 0.6 is 0 Å². The summed E-state index contributed by atoms with van der Waals surface area (Å²) in [6.07, 6.45) is -0.728. The molecule has 0 bridgehead atoms. The Bertz CT molecular complexity index is 1870. The van der Waals surface area contributed by atoms with E-state index in [9.17, 15) is 9.59 Å². The second-order valence-electron chi connectivity index (χ2n) is 13.5. The van der Waals surface area contributed by atoms with Gasteiger partial charge < -0.3 is 33.2 Å². The Hall–Kier alpha value is -5.26. The summed E-state index contributed by atoms with van der Waals surface area (Å²) in [5, 5.41) is 0. The Kier molecular flexibility index (Phi) is 9.38. The lowest BCUT2D eigenvalue weighted by molar-refractivity contribution is -0.156. The van der Waals surface area contributed by atoms with Gasteiger partial charge in [-0.25, -0.2) is 0 Å². The van der Waals surface area contributed by atoms with Gasteiger partial charge in [-0.15, -0.1) is 0 Å². The monoisotopic (exact) mass is 706 g/mol. The molecule has 0 aromatic heterocycles. The van der Waals surface area contributed by atoms with Crippen molar-refractivity contribution in [3.8, 4) is 28.7 Å². The van der Waals surface area contributed by atoms with Crippen molar-refractivity contribution in [2.24, 2.45) is 11.8 Å². The lowest BCUT2D eigenvalue weighted by Gasteiger charge is -2.40. The molecule has 0 amide bonds. The summed E-state index contributed by atoms with van der Waals surface area (Å²) in [6.45, 7) is 3.34. The Labute approximate surface area is 302 Å². The number of fused-ring (bicyclic) bond motifs is 3. The van der Waals surface area contributed by atoms with Gasteiger partial charge in [0.25, 0.3) is 0 Å². The van der Waals surface area contributed by atoms with Gasteiger partial charge in [0.05, 0.1) is 46.4 Å². The van der Waals surface area contributed by atoms with E-state index >= 15 is 0 Å². The van der Waals surface area contributed by atoms with Crippen LogP contribution in [0.4, 0.5) is 0 Å². The summed E-state index contributed by atoms with van der Waals surface area (Å²) in [7, 11) is 4.66. The van der Waals surface area contributed by atoms with E-state index in [2.05, 4.69) is 58.3 Å². The molecule has 2 saturated heterocycles. The number of hydrogen-bond acceptors (Lipinski definition) is 11. The number of esters is 2. The Morgan fingerprint density at radius 2 is 1.37 bits per heavy atom. The predicted octanol–water partition coefficient (Wildman–Crippen LogP) is 5.37. The molecular weight excluding hydrogens is 664 g/mol. The van der Waals surface area contributed by atoms with Gasteiger partial charge in [0.2, 0.25) is 12.5 Å². The fraction of sp³-hybridized carbons (Fsp3) is 0.366. The molecule has 0 N–H and O–H groups in total. The van der Waals surface area contributed by atoms with Crippen LogP contribution < -0.4 is 23.7 Å². The van der Waals surface area contributed by atoms with E-state index in [0.29, 0.717) is 41.8 Å². The molecule has 270 valence electrons. The van der Waals surface area contributed by atoms with E-state index in [1.165, 1.54) is 11.1 Å². The quantitative estimate of drug-likeness (QED) is 0.199. The first-order valence-corrected chi connectivity index (χ1v) is 17.6. The number of piperazine rings is 1. The molecule has 3 aliphatic heterocycles. The third kappa shape index (κ3) is 6.17. The number of rotatable bonds is 10. The molecule has 4 aliphatic rings. The minimum absolute atomic E-state index is 0.0772. The first kappa shape index (κ1) is 33.9. The van der Waals surface area contributed by atoms with Crippen molar-refractivity contribution in [1.82, 2.24) is 9.80 Å². The summed E-state index contributed by atoms with van der Waals surface area (Å²) >= 11 is 0. The number of benzene rings is 4. The second-order valence-corrected chi connectivity index (χ2v) is 13.5. The van der Waals surface area contributed by atoms with E-state index in [1.807, 2.05) is 36.4 Å². The van der Waals surface area contributed by atoms with Gasteiger partial charge in [0.15, 0.2) is 23.0 Å². The molecule has 11 heteroatoms. The standard InChI is InChI=1S/C41H42N2O9/c1-46-33-18-27(19-34(47-2)40(33)48-3)36-28-20-31-32(51-24-50-31)21-29(28)39(30-23-49-41(45)37(30)36)52-35(44)22-42-14-16-43(17-15-42)38(25-10-6-4-7-11-25)26-12-8-5-9-13-26/h4-13,18-21,30,36-39H,14-17,22-24H2,1-3H3/t30-,36+,37-,39-/m0/s1. The summed E-state index contributed by atoms with van der Waals surface area (Å²) in [5.41, 5.74) is 4.81. The molecule has 3 heterocycles. The summed E-state index contributed by atoms with van der Waals surface area (Å²) in [5.74, 6) is 0.275. The highest BCUT2D eigenvalue weighted by Crippen LogP contribution is 2.56. The van der Waals surface area contributed by atoms with Crippen LogP contribution in [-0.2, 0) is 19.1 Å². The molecule has 52 heavy (non-hydrogen) atoms. The highest BCUT2D eigenvalue weighted by atomic mass is 16.7.